The van der Waals surface area contributed by atoms with Crippen LogP contribution in [0.1, 0.15) is 19.3 Å². The van der Waals surface area contributed by atoms with Crippen LogP contribution in [0.4, 0.5) is 0 Å². The summed E-state index contributed by atoms with van der Waals surface area (Å²) in [5, 5.41) is 27.5. The van der Waals surface area contributed by atoms with Crippen molar-refractivity contribution in [3.05, 3.63) is 0 Å². The average Bonchev–Trinajstić information content (AvgIpc) is 2.21. The third-order valence-electron chi connectivity index (χ3n) is 1.99. The molecule has 18 heavy (non-hydrogen) atoms. The Morgan fingerprint density at radius 1 is 1.06 bits per heavy atom. The molecule has 9 nitrogen and oxygen atoms in total. The molecule has 0 spiro atoms. The summed E-state index contributed by atoms with van der Waals surface area (Å²) in [6.07, 6.45) is -1.39. The molecule has 0 saturated carbocycles. The Balaban J connectivity index is 4.40. The molecule has 0 bridgehead atoms. The van der Waals surface area contributed by atoms with Gasteiger partial charge in [-0.1, -0.05) is 0 Å². The largest absolute Gasteiger partial charge is 0.481 e. The zero-order chi connectivity index (χ0) is 14.3. The van der Waals surface area contributed by atoms with E-state index in [0.717, 1.165) is 0 Å². The van der Waals surface area contributed by atoms with E-state index in [-0.39, 0.29) is 6.42 Å². The molecule has 0 aliphatic carbocycles. The first kappa shape index (κ1) is 15.8. The van der Waals surface area contributed by atoms with Crippen molar-refractivity contribution in [2.75, 3.05) is 0 Å². The van der Waals surface area contributed by atoms with Gasteiger partial charge in [0.15, 0.2) is 0 Å². The van der Waals surface area contributed by atoms with Crippen LogP contribution in [0.2, 0.25) is 0 Å². The number of carboxylic acid groups (broad SMARTS) is 3. The van der Waals surface area contributed by atoms with Crippen molar-refractivity contribution in [2.24, 2.45) is 5.73 Å². The predicted octanol–water partition coefficient (Wildman–Crippen LogP) is -1.78. The minimum Gasteiger partial charge on any atom is -0.481 e. The second-order valence-electron chi connectivity index (χ2n) is 3.54. The van der Waals surface area contributed by atoms with Gasteiger partial charge in [0.05, 0.1) is 12.5 Å². The second kappa shape index (κ2) is 7.22. The minimum absolute atomic E-state index is 0.309. The molecular formula is C9H14N2O7. The van der Waals surface area contributed by atoms with Crippen molar-refractivity contribution in [1.82, 2.24) is 5.32 Å². The molecule has 0 unspecified atom stereocenters. The summed E-state index contributed by atoms with van der Waals surface area (Å²) < 4.78 is 0. The van der Waals surface area contributed by atoms with Gasteiger partial charge in [0, 0.05) is 6.42 Å². The number of nitrogens with one attached hydrogen (secondary N) is 1. The molecule has 0 radical (unpaired) electrons. The van der Waals surface area contributed by atoms with E-state index in [1.807, 2.05) is 5.32 Å². The Bertz CT molecular complexity index is 355. The monoisotopic (exact) mass is 262 g/mol. The van der Waals surface area contributed by atoms with Crippen LogP contribution < -0.4 is 11.1 Å². The van der Waals surface area contributed by atoms with Gasteiger partial charge in [-0.25, -0.2) is 4.79 Å². The minimum atomic E-state index is -1.41. The quantitative estimate of drug-likeness (QED) is 0.342. The zero-order valence-electron chi connectivity index (χ0n) is 9.33. The maximum Gasteiger partial charge on any atom is 0.326 e. The van der Waals surface area contributed by atoms with Gasteiger partial charge >= 0.3 is 17.9 Å². The fourth-order valence-electron chi connectivity index (χ4n) is 1.08. The number of carbonyl (C=O) groups excluding carboxylic acids is 1. The van der Waals surface area contributed by atoms with Crippen molar-refractivity contribution in [3.63, 3.8) is 0 Å². The maximum atomic E-state index is 11.3. The lowest BCUT2D eigenvalue weighted by molar-refractivity contribution is -0.143. The molecule has 0 saturated heterocycles. The van der Waals surface area contributed by atoms with Crippen LogP contribution in [0.25, 0.3) is 0 Å². The van der Waals surface area contributed by atoms with Gasteiger partial charge in [0.2, 0.25) is 5.91 Å². The highest BCUT2D eigenvalue weighted by Crippen LogP contribution is 1.99. The van der Waals surface area contributed by atoms with E-state index in [0.29, 0.717) is 0 Å². The Kier molecular flexibility index (Phi) is 6.35. The number of aliphatic carboxylic acids is 3. The first-order chi connectivity index (χ1) is 8.23. The Hall–Kier alpha value is -2.16. The molecule has 0 aromatic rings. The van der Waals surface area contributed by atoms with Gasteiger partial charge in [-0.15, -0.1) is 0 Å². The van der Waals surface area contributed by atoms with Gasteiger partial charge in [-0.2, -0.15) is 0 Å². The van der Waals surface area contributed by atoms with E-state index in [9.17, 15) is 19.2 Å². The fraction of sp³-hybridized carbons (Fsp3) is 0.556. The van der Waals surface area contributed by atoms with Crippen LogP contribution in [0.15, 0.2) is 0 Å². The van der Waals surface area contributed by atoms with Gasteiger partial charge < -0.3 is 26.4 Å². The summed E-state index contributed by atoms with van der Waals surface area (Å²) >= 11 is 0. The summed E-state index contributed by atoms with van der Waals surface area (Å²) in [5.41, 5.74) is 5.22. The highest BCUT2D eigenvalue weighted by molar-refractivity contribution is 5.89. The Labute approximate surface area is 102 Å². The number of carboxylic acids is 3. The van der Waals surface area contributed by atoms with Crippen LogP contribution in [-0.2, 0) is 19.2 Å². The highest BCUT2D eigenvalue weighted by Gasteiger charge is 2.24. The van der Waals surface area contributed by atoms with E-state index in [2.05, 4.69) is 0 Å². The summed E-state index contributed by atoms with van der Waals surface area (Å²) in [4.78, 5) is 42.6. The van der Waals surface area contributed by atoms with E-state index in [1.165, 1.54) is 0 Å². The SMILES string of the molecule is N[C@H](CC(=O)O)C(=O)N[C@H](CCC(=O)O)C(=O)O. The molecule has 0 aromatic carbocycles. The zero-order valence-corrected chi connectivity index (χ0v) is 9.33. The van der Waals surface area contributed by atoms with Crippen LogP contribution in [0.5, 0.6) is 0 Å². The molecule has 0 aliphatic heterocycles. The number of hydrogen-bond donors (Lipinski definition) is 5. The molecule has 0 aliphatic rings. The van der Waals surface area contributed by atoms with Crippen molar-refractivity contribution in [3.8, 4) is 0 Å². The van der Waals surface area contributed by atoms with E-state index in [4.69, 9.17) is 21.1 Å². The Morgan fingerprint density at radius 3 is 2.00 bits per heavy atom. The lowest BCUT2D eigenvalue weighted by Gasteiger charge is -2.16. The van der Waals surface area contributed by atoms with Crippen LogP contribution >= 0.6 is 0 Å². The van der Waals surface area contributed by atoms with Gasteiger partial charge in [0.25, 0.3) is 0 Å². The lowest BCUT2D eigenvalue weighted by atomic mass is 10.1. The Morgan fingerprint density at radius 2 is 1.61 bits per heavy atom. The third kappa shape index (κ3) is 6.43. The van der Waals surface area contributed by atoms with Gasteiger partial charge in [0.1, 0.15) is 6.04 Å². The van der Waals surface area contributed by atoms with Crippen molar-refractivity contribution in [2.45, 2.75) is 31.3 Å². The van der Waals surface area contributed by atoms with Crippen LogP contribution in [-0.4, -0.2) is 51.2 Å². The lowest BCUT2D eigenvalue weighted by Crippen LogP contribution is -2.49. The summed E-state index contributed by atoms with van der Waals surface area (Å²) in [6.45, 7) is 0. The molecular weight excluding hydrogens is 248 g/mol. The summed E-state index contributed by atoms with van der Waals surface area (Å²) in [7, 11) is 0. The number of rotatable bonds is 8. The molecule has 9 heteroatoms. The molecule has 0 fully saturated rings. The second-order valence-corrected chi connectivity index (χ2v) is 3.54. The topological polar surface area (TPSA) is 167 Å². The highest BCUT2D eigenvalue weighted by atomic mass is 16.4. The first-order valence-corrected chi connectivity index (χ1v) is 4.96. The number of nitrogens with two attached hydrogens (primary N) is 1. The molecule has 0 rings (SSSR count). The molecule has 6 N–H and O–H groups in total. The van der Waals surface area contributed by atoms with Crippen molar-refractivity contribution < 1.29 is 34.5 Å². The number of carbonyl (C=O) groups is 4. The van der Waals surface area contributed by atoms with E-state index < -0.39 is 48.7 Å². The number of amides is 1. The normalized spacial score (nSPS) is 13.4. The van der Waals surface area contributed by atoms with Crippen molar-refractivity contribution in [1.29, 1.82) is 0 Å². The number of hydrogen-bond acceptors (Lipinski definition) is 5. The molecule has 102 valence electrons. The fourth-order valence-corrected chi connectivity index (χ4v) is 1.08. The molecule has 2 atom stereocenters. The first-order valence-electron chi connectivity index (χ1n) is 4.96. The molecule has 0 heterocycles. The van der Waals surface area contributed by atoms with Crippen LogP contribution in [0, 0.1) is 0 Å². The predicted molar refractivity (Wildman–Crippen MR) is 56.7 cm³/mol. The molecule has 1 amide bonds. The average molecular weight is 262 g/mol. The van der Waals surface area contributed by atoms with E-state index >= 15 is 0 Å². The van der Waals surface area contributed by atoms with Gasteiger partial charge in [-0.05, 0) is 6.42 Å². The molecule has 0 aromatic heterocycles. The summed E-state index contributed by atoms with van der Waals surface area (Å²) in [6, 6.07) is -2.79. The smallest absolute Gasteiger partial charge is 0.326 e. The van der Waals surface area contributed by atoms with Crippen LogP contribution in [0.3, 0.4) is 0 Å². The van der Waals surface area contributed by atoms with E-state index in [1.54, 1.807) is 0 Å². The summed E-state index contributed by atoms with van der Waals surface area (Å²) in [5.74, 6) is -4.86. The standard InChI is InChI=1S/C9H14N2O7/c10-4(3-7(14)15)8(16)11-5(9(17)18)1-2-6(12)13/h4-5H,1-3,10H2,(H,11,16)(H,12,13)(H,14,15)(H,17,18)/t4-,5-/m1/s1. The van der Waals surface area contributed by atoms with Gasteiger partial charge in [-0.3, -0.25) is 14.4 Å². The van der Waals surface area contributed by atoms with Crippen molar-refractivity contribution >= 4 is 23.8 Å². The maximum absolute atomic E-state index is 11.3. The third-order valence-corrected chi connectivity index (χ3v) is 1.99.